The molecule has 19 heavy (non-hydrogen) atoms. The average Bonchev–Trinajstić information content (AvgIpc) is 3.03. The van der Waals surface area contributed by atoms with Gasteiger partial charge in [0.15, 0.2) is 11.4 Å². The Kier molecular flexibility index (Phi) is 4.61. The molecule has 0 amide bonds. The lowest BCUT2D eigenvalue weighted by molar-refractivity contribution is 0.112. The molecule has 106 valence electrons. The van der Waals surface area contributed by atoms with Gasteiger partial charge >= 0.3 is 0 Å². The Morgan fingerprint density at radius 2 is 2.11 bits per heavy atom. The first-order valence-electron chi connectivity index (χ1n) is 7.37. The molecular formula is C15H24N2OS. The van der Waals surface area contributed by atoms with Crippen LogP contribution >= 0.6 is 11.3 Å². The molecule has 1 aliphatic rings. The van der Waals surface area contributed by atoms with E-state index in [1.165, 1.54) is 19.3 Å². The summed E-state index contributed by atoms with van der Waals surface area (Å²) in [5.74, 6) is 0. The van der Waals surface area contributed by atoms with Gasteiger partial charge in [-0.3, -0.25) is 4.79 Å². The van der Waals surface area contributed by atoms with E-state index >= 15 is 0 Å². The minimum Gasteiger partial charge on any atom is -0.347 e. The molecule has 0 saturated carbocycles. The second-order valence-corrected chi connectivity index (χ2v) is 6.56. The van der Waals surface area contributed by atoms with E-state index in [2.05, 4.69) is 25.7 Å². The largest absolute Gasteiger partial charge is 0.347 e. The Bertz CT molecular complexity index is 437. The zero-order valence-corrected chi connectivity index (χ0v) is 13.1. The van der Waals surface area contributed by atoms with Crippen LogP contribution in [0.1, 0.15) is 61.8 Å². The van der Waals surface area contributed by atoms with E-state index in [1.54, 1.807) is 11.3 Å². The van der Waals surface area contributed by atoms with E-state index in [4.69, 9.17) is 4.98 Å². The highest BCUT2D eigenvalue weighted by Gasteiger charge is 2.36. The number of carbonyl (C=O) groups is 1. The minimum atomic E-state index is 0.456. The van der Waals surface area contributed by atoms with Crippen molar-refractivity contribution >= 4 is 22.8 Å². The lowest BCUT2D eigenvalue weighted by Crippen LogP contribution is -2.26. The Morgan fingerprint density at radius 1 is 1.37 bits per heavy atom. The standard InChI is InChI=1S/C15H24N2OS/c1-4-7-12-13(10-18)19-14(16-12)17-9-8-15(5-2,6-3)11-17/h10H,4-9,11H2,1-3H3. The van der Waals surface area contributed by atoms with Crippen LogP contribution < -0.4 is 4.90 Å². The highest BCUT2D eigenvalue weighted by Crippen LogP contribution is 2.40. The molecule has 0 atom stereocenters. The van der Waals surface area contributed by atoms with E-state index in [0.717, 1.165) is 47.9 Å². The summed E-state index contributed by atoms with van der Waals surface area (Å²) in [5, 5.41) is 1.05. The fourth-order valence-corrected chi connectivity index (χ4v) is 3.87. The predicted molar refractivity (Wildman–Crippen MR) is 81.3 cm³/mol. The monoisotopic (exact) mass is 280 g/mol. The number of carbonyl (C=O) groups excluding carboxylic acids is 1. The topological polar surface area (TPSA) is 33.2 Å². The maximum atomic E-state index is 11.1. The van der Waals surface area contributed by atoms with E-state index in [-0.39, 0.29) is 0 Å². The quantitative estimate of drug-likeness (QED) is 0.740. The summed E-state index contributed by atoms with van der Waals surface area (Å²) in [7, 11) is 0. The first-order valence-corrected chi connectivity index (χ1v) is 8.19. The molecule has 0 aromatic carbocycles. The molecule has 4 heteroatoms. The molecule has 1 saturated heterocycles. The maximum absolute atomic E-state index is 11.1. The molecule has 1 aromatic heterocycles. The summed E-state index contributed by atoms with van der Waals surface area (Å²) < 4.78 is 0. The molecule has 0 radical (unpaired) electrons. The Hall–Kier alpha value is -0.900. The van der Waals surface area contributed by atoms with Crippen molar-refractivity contribution < 1.29 is 4.79 Å². The first kappa shape index (κ1) is 14.5. The average molecular weight is 280 g/mol. The van der Waals surface area contributed by atoms with Gasteiger partial charge in [-0.2, -0.15) is 0 Å². The van der Waals surface area contributed by atoms with Crippen molar-refractivity contribution in [2.75, 3.05) is 18.0 Å². The number of hydrogen-bond acceptors (Lipinski definition) is 4. The molecular weight excluding hydrogens is 256 g/mol. The van der Waals surface area contributed by atoms with Gasteiger partial charge in [0, 0.05) is 13.1 Å². The number of rotatable bonds is 6. The Labute approximate surface area is 120 Å². The number of hydrogen-bond donors (Lipinski definition) is 0. The molecule has 1 aliphatic heterocycles. The van der Waals surface area contributed by atoms with Crippen LogP contribution in [0.4, 0.5) is 5.13 Å². The maximum Gasteiger partial charge on any atom is 0.186 e. The van der Waals surface area contributed by atoms with Crippen LogP contribution in [0.25, 0.3) is 0 Å². The Balaban J connectivity index is 2.17. The van der Waals surface area contributed by atoms with Crippen molar-refractivity contribution in [3.8, 4) is 0 Å². The fourth-order valence-electron chi connectivity index (χ4n) is 2.92. The van der Waals surface area contributed by atoms with E-state index < -0.39 is 0 Å². The summed E-state index contributed by atoms with van der Waals surface area (Å²) >= 11 is 1.57. The van der Waals surface area contributed by atoms with Crippen molar-refractivity contribution in [3.63, 3.8) is 0 Å². The normalized spacial score (nSPS) is 17.9. The van der Waals surface area contributed by atoms with Crippen LogP contribution in [-0.2, 0) is 6.42 Å². The third kappa shape index (κ3) is 2.83. The van der Waals surface area contributed by atoms with Crippen LogP contribution in [0.15, 0.2) is 0 Å². The van der Waals surface area contributed by atoms with Gasteiger partial charge in [-0.25, -0.2) is 4.98 Å². The third-order valence-electron chi connectivity index (χ3n) is 4.52. The molecule has 0 spiro atoms. The molecule has 1 aromatic rings. The zero-order valence-electron chi connectivity index (χ0n) is 12.2. The second-order valence-electron chi connectivity index (χ2n) is 5.55. The van der Waals surface area contributed by atoms with Crippen LogP contribution in [0.2, 0.25) is 0 Å². The van der Waals surface area contributed by atoms with Gasteiger partial charge in [0.05, 0.1) is 10.6 Å². The van der Waals surface area contributed by atoms with Gasteiger partial charge in [-0.15, -0.1) is 0 Å². The number of aldehydes is 1. The summed E-state index contributed by atoms with van der Waals surface area (Å²) in [6.07, 6.45) is 6.62. The molecule has 2 heterocycles. The summed E-state index contributed by atoms with van der Waals surface area (Å²) in [6.45, 7) is 8.88. The van der Waals surface area contributed by atoms with Crippen molar-refractivity contribution in [2.24, 2.45) is 5.41 Å². The number of anilines is 1. The van der Waals surface area contributed by atoms with Gasteiger partial charge in [0.2, 0.25) is 0 Å². The predicted octanol–water partition coefficient (Wildman–Crippen LogP) is 3.92. The zero-order chi connectivity index (χ0) is 13.9. The Morgan fingerprint density at radius 3 is 2.63 bits per heavy atom. The van der Waals surface area contributed by atoms with Gasteiger partial charge in [0.1, 0.15) is 0 Å². The SMILES string of the molecule is CCCc1nc(N2CCC(CC)(CC)C2)sc1C=O. The molecule has 0 bridgehead atoms. The van der Waals surface area contributed by atoms with Crippen LogP contribution in [-0.4, -0.2) is 24.4 Å². The summed E-state index contributed by atoms with van der Waals surface area (Å²) in [4.78, 5) is 19.0. The van der Waals surface area contributed by atoms with Crippen molar-refractivity contribution in [3.05, 3.63) is 10.6 Å². The number of aryl methyl sites for hydroxylation is 1. The third-order valence-corrected chi connectivity index (χ3v) is 5.60. The molecule has 3 nitrogen and oxygen atoms in total. The van der Waals surface area contributed by atoms with Crippen LogP contribution in [0.3, 0.4) is 0 Å². The molecule has 0 unspecified atom stereocenters. The second kappa shape index (κ2) is 6.04. The van der Waals surface area contributed by atoms with Crippen LogP contribution in [0.5, 0.6) is 0 Å². The number of thiazole rings is 1. The van der Waals surface area contributed by atoms with Crippen molar-refractivity contribution in [1.29, 1.82) is 0 Å². The van der Waals surface area contributed by atoms with Crippen LogP contribution in [0, 0.1) is 5.41 Å². The first-order chi connectivity index (χ1) is 9.18. The molecule has 0 aliphatic carbocycles. The summed E-state index contributed by atoms with van der Waals surface area (Å²) in [6, 6.07) is 0. The van der Waals surface area contributed by atoms with Crippen molar-refractivity contribution in [1.82, 2.24) is 4.98 Å². The lowest BCUT2D eigenvalue weighted by Gasteiger charge is -2.26. The minimum absolute atomic E-state index is 0.456. The molecule has 1 fully saturated rings. The van der Waals surface area contributed by atoms with Gasteiger partial charge in [-0.1, -0.05) is 38.5 Å². The summed E-state index contributed by atoms with van der Waals surface area (Å²) in [5.41, 5.74) is 1.45. The van der Waals surface area contributed by atoms with Gasteiger partial charge < -0.3 is 4.90 Å². The van der Waals surface area contributed by atoms with E-state index in [1.807, 2.05) is 0 Å². The smallest absolute Gasteiger partial charge is 0.186 e. The van der Waals surface area contributed by atoms with Gasteiger partial charge in [0.25, 0.3) is 0 Å². The fraction of sp³-hybridized carbons (Fsp3) is 0.733. The number of aromatic nitrogens is 1. The highest BCUT2D eigenvalue weighted by atomic mass is 32.1. The van der Waals surface area contributed by atoms with E-state index in [0.29, 0.717) is 5.41 Å². The molecule has 0 N–H and O–H groups in total. The van der Waals surface area contributed by atoms with Gasteiger partial charge in [-0.05, 0) is 31.1 Å². The number of nitrogens with zero attached hydrogens (tertiary/aromatic N) is 2. The lowest BCUT2D eigenvalue weighted by atomic mass is 9.82. The highest BCUT2D eigenvalue weighted by molar-refractivity contribution is 7.17. The van der Waals surface area contributed by atoms with Crippen molar-refractivity contribution in [2.45, 2.75) is 52.9 Å². The van der Waals surface area contributed by atoms with E-state index in [9.17, 15) is 4.79 Å². The molecule has 2 rings (SSSR count).